The molecule has 0 amide bonds. The first kappa shape index (κ1) is 19.3. The summed E-state index contributed by atoms with van der Waals surface area (Å²) in [6.07, 6.45) is 0.524. The zero-order valence-electron chi connectivity index (χ0n) is 15.4. The van der Waals surface area contributed by atoms with E-state index < -0.39 is 6.10 Å². The molecule has 0 aliphatic carbocycles. The molecule has 0 aliphatic rings. The molecular weight excluding hydrogens is 314 g/mol. The molecule has 0 aromatic heterocycles. The highest BCUT2D eigenvalue weighted by Crippen LogP contribution is 2.17. The second-order valence-electron chi connectivity index (χ2n) is 6.30. The lowest BCUT2D eigenvalue weighted by atomic mass is 10.1. The van der Waals surface area contributed by atoms with E-state index in [1.54, 1.807) is 7.11 Å². The Morgan fingerprint density at radius 2 is 1.72 bits per heavy atom. The molecule has 4 nitrogen and oxygen atoms in total. The van der Waals surface area contributed by atoms with Gasteiger partial charge in [0.15, 0.2) is 0 Å². The fourth-order valence-corrected chi connectivity index (χ4v) is 2.79. The lowest BCUT2D eigenvalue weighted by molar-refractivity contribution is 0.0655. The summed E-state index contributed by atoms with van der Waals surface area (Å²) in [5, 5.41) is 10.4. The Morgan fingerprint density at radius 3 is 2.36 bits per heavy atom. The number of hydrogen-bond donors (Lipinski definition) is 1. The predicted octanol–water partition coefficient (Wildman–Crippen LogP) is 3.66. The van der Waals surface area contributed by atoms with Gasteiger partial charge in [0.2, 0.25) is 0 Å². The monoisotopic (exact) mass is 343 g/mol. The van der Waals surface area contributed by atoms with Crippen molar-refractivity contribution in [1.29, 1.82) is 0 Å². The Balaban J connectivity index is 1.86. The third-order valence-electron chi connectivity index (χ3n) is 4.17. The number of methoxy groups -OCH3 is 1. The molecule has 0 saturated carbocycles. The van der Waals surface area contributed by atoms with Gasteiger partial charge in [-0.3, -0.25) is 4.90 Å². The minimum Gasteiger partial charge on any atom is -0.497 e. The van der Waals surface area contributed by atoms with Crippen molar-refractivity contribution in [2.75, 3.05) is 26.8 Å². The Hall–Kier alpha value is -2.04. The molecule has 25 heavy (non-hydrogen) atoms. The quantitative estimate of drug-likeness (QED) is 0.715. The number of aliphatic hydroxyl groups excluding tert-OH is 1. The van der Waals surface area contributed by atoms with Crippen molar-refractivity contribution in [2.45, 2.75) is 32.9 Å². The molecular formula is C21H29NO3. The van der Waals surface area contributed by atoms with Crippen LogP contribution in [-0.2, 0) is 6.54 Å². The normalized spacial score (nSPS) is 12.2. The summed E-state index contributed by atoms with van der Waals surface area (Å²) in [5.74, 6) is 1.53. The Labute approximate surface area is 151 Å². The third-order valence-corrected chi connectivity index (χ3v) is 4.17. The summed E-state index contributed by atoms with van der Waals surface area (Å²) in [5.41, 5.74) is 2.59. The summed E-state index contributed by atoms with van der Waals surface area (Å²) in [4.78, 5) is 2.28. The van der Waals surface area contributed by atoms with Gasteiger partial charge in [0, 0.05) is 13.1 Å². The first-order valence-corrected chi connectivity index (χ1v) is 8.84. The molecule has 0 saturated heterocycles. The number of benzene rings is 2. The topological polar surface area (TPSA) is 41.9 Å². The van der Waals surface area contributed by atoms with Gasteiger partial charge in [0.25, 0.3) is 0 Å². The van der Waals surface area contributed by atoms with Crippen LogP contribution in [0.1, 0.15) is 24.5 Å². The van der Waals surface area contributed by atoms with Crippen molar-refractivity contribution in [1.82, 2.24) is 4.90 Å². The van der Waals surface area contributed by atoms with Gasteiger partial charge in [0.1, 0.15) is 24.2 Å². The van der Waals surface area contributed by atoms with Crippen LogP contribution in [-0.4, -0.2) is 42.9 Å². The van der Waals surface area contributed by atoms with Crippen LogP contribution in [0, 0.1) is 6.92 Å². The predicted molar refractivity (Wildman–Crippen MR) is 101 cm³/mol. The van der Waals surface area contributed by atoms with E-state index in [-0.39, 0.29) is 6.61 Å². The van der Waals surface area contributed by atoms with Crippen molar-refractivity contribution >= 4 is 0 Å². The van der Waals surface area contributed by atoms with Gasteiger partial charge in [-0.15, -0.1) is 0 Å². The van der Waals surface area contributed by atoms with E-state index in [4.69, 9.17) is 9.47 Å². The molecule has 0 spiro atoms. The Kier molecular flexibility index (Phi) is 7.76. The number of rotatable bonds is 10. The minimum absolute atomic E-state index is 0.278. The highest BCUT2D eigenvalue weighted by Gasteiger charge is 2.13. The average Bonchev–Trinajstić information content (AvgIpc) is 2.62. The molecule has 0 aliphatic heterocycles. The second-order valence-corrected chi connectivity index (χ2v) is 6.30. The number of aryl methyl sites for hydroxylation is 1. The molecule has 1 N–H and O–H groups in total. The molecule has 0 heterocycles. The maximum absolute atomic E-state index is 10.4. The standard InChI is InChI=1S/C21H29NO3/c1-4-13-22(14-18-8-6-5-7-17(18)2)15-19(23)16-25-21-11-9-20(24-3)10-12-21/h5-12,19,23H,4,13-16H2,1-3H3/t19-/m1/s1. The molecule has 1 atom stereocenters. The van der Waals surface area contributed by atoms with Gasteiger partial charge in [-0.25, -0.2) is 0 Å². The van der Waals surface area contributed by atoms with Crippen molar-refractivity contribution < 1.29 is 14.6 Å². The van der Waals surface area contributed by atoms with Gasteiger partial charge in [-0.2, -0.15) is 0 Å². The van der Waals surface area contributed by atoms with Crippen molar-refractivity contribution in [3.05, 3.63) is 59.7 Å². The van der Waals surface area contributed by atoms with E-state index in [0.29, 0.717) is 6.54 Å². The largest absolute Gasteiger partial charge is 0.497 e. The van der Waals surface area contributed by atoms with Crippen LogP contribution in [0.4, 0.5) is 0 Å². The molecule has 136 valence electrons. The fourth-order valence-electron chi connectivity index (χ4n) is 2.79. The zero-order valence-corrected chi connectivity index (χ0v) is 15.4. The van der Waals surface area contributed by atoms with Crippen molar-refractivity contribution in [3.8, 4) is 11.5 Å². The summed E-state index contributed by atoms with van der Waals surface area (Å²) >= 11 is 0. The van der Waals surface area contributed by atoms with E-state index in [9.17, 15) is 5.11 Å². The van der Waals surface area contributed by atoms with Gasteiger partial charge in [-0.05, 0) is 55.3 Å². The number of nitrogens with zero attached hydrogens (tertiary/aromatic N) is 1. The molecule has 0 fully saturated rings. The molecule has 4 heteroatoms. The van der Waals surface area contributed by atoms with E-state index in [0.717, 1.165) is 31.0 Å². The maximum atomic E-state index is 10.4. The highest BCUT2D eigenvalue weighted by atomic mass is 16.5. The first-order valence-electron chi connectivity index (χ1n) is 8.84. The minimum atomic E-state index is -0.530. The number of aliphatic hydroxyl groups is 1. The first-order chi connectivity index (χ1) is 12.1. The van der Waals surface area contributed by atoms with Crippen LogP contribution in [0.5, 0.6) is 11.5 Å². The molecule has 2 rings (SSSR count). The Bertz CT molecular complexity index is 627. The molecule has 2 aromatic rings. The highest BCUT2D eigenvalue weighted by molar-refractivity contribution is 5.31. The Morgan fingerprint density at radius 1 is 1.04 bits per heavy atom. The van der Waals surface area contributed by atoms with Gasteiger partial charge >= 0.3 is 0 Å². The van der Waals surface area contributed by atoms with E-state index >= 15 is 0 Å². The maximum Gasteiger partial charge on any atom is 0.119 e. The second kappa shape index (κ2) is 10.1. The summed E-state index contributed by atoms with van der Waals surface area (Å²) in [6.45, 7) is 6.96. The van der Waals surface area contributed by atoms with Crippen LogP contribution in [0.2, 0.25) is 0 Å². The van der Waals surface area contributed by atoms with Crippen molar-refractivity contribution in [2.24, 2.45) is 0 Å². The number of ether oxygens (including phenoxy) is 2. The van der Waals surface area contributed by atoms with Gasteiger partial charge in [0.05, 0.1) is 7.11 Å². The van der Waals surface area contributed by atoms with E-state index in [2.05, 4.69) is 43.0 Å². The number of hydrogen-bond acceptors (Lipinski definition) is 4. The van der Waals surface area contributed by atoms with E-state index in [1.807, 2.05) is 24.3 Å². The molecule has 0 bridgehead atoms. The van der Waals surface area contributed by atoms with Crippen LogP contribution in [0.3, 0.4) is 0 Å². The molecule has 0 unspecified atom stereocenters. The smallest absolute Gasteiger partial charge is 0.119 e. The van der Waals surface area contributed by atoms with Crippen LogP contribution < -0.4 is 9.47 Å². The van der Waals surface area contributed by atoms with E-state index in [1.165, 1.54) is 11.1 Å². The summed E-state index contributed by atoms with van der Waals surface area (Å²) < 4.78 is 10.8. The summed E-state index contributed by atoms with van der Waals surface area (Å²) in [7, 11) is 1.64. The van der Waals surface area contributed by atoms with Crippen LogP contribution >= 0.6 is 0 Å². The lowest BCUT2D eigenvalue weighted by Gasteiger charge is -2.25. The van der Waals surface area contributed by atoms with Crippen LogP contribution in [0.15, 0.2) is 48.5 Å². The SMILES string of the molecule is CCCN(Cc1ccccc1C)C[C@@H](O)COc1ccc(OC)cc1. The van der Waals surface area contributed by atoms with Gasteiger partial charge in [-0.1, -0.05) is 31.2 Å². The lowest BCUT2D eigenvalue weighted by Crippen LogP contribution is -2.36. The molecule has 2 aromatic carbocycles. The fraction of sp³-hybridized carbons (Fsp3) is 0.429. The third kappa shape index (κ3) is 6.40. The zero-order chi connectivity index (χ0) is 18.1. The molecule has 0 radical (unpaired) electrons. The average molecular weight is 343 g/mol. The van der Waals surface area contributed by atoms with Crippen molar-refractivity contribution in [3.63, 3.8) is 0 Å². The summed E-state index contributed by atoms with van der Waals surface area (Å²) in [6, 6.07) is 15.8. The van der Waals surface area contributed by atoms with Gasteiger partial charge < -0.3 is 14.6 Å². The van der Waals surface area contributed by atoms with Crippen LogP contribution in [0.25, 0.3) is 0 Å².